The van der Waals surface area contributed by atoms with E-state index in [-0.39, 0.29) is 16.5 Å². The summed E-state index contributed by atoms with van der Waals surface area (Å²) in [4.78, 5) is 23.0. The zero-order valence-corrected chi connectivity index (χ0v) is 14.6. The van der Waals surface area contributed by atoms with Crippen LogP contribution in [0.25, 0.3) is 0 Å². The first-order chi connectivity index (χ1) is 11.8. The number of carboxylic acid groups (broad SMARTS) is 2. The quantitative estimate of drug-likeness (QED) is 0.723. The van der Waals surface area contributed by atoms with Crippen LogP contribution in [-0.2, 0) is 9.59 Å². The molecule has 132 valence electrons. The largest absolute Gasteiger partial charge is 0.478 e. The average Bonchev–Trinajstić information content (AvgIpc) is 2.53. The lowest BCUT2D eigenvalue weighted by Gasteiger charge is -2.23. The lowest BCUT2D eigenvalue weighted by atomic mass is 10.2. The van der Waals surface area contributed by atoms with Crippen LogP contribution in [0.2, 0.25) is 15.1 Å². The normalized spacial score (nSPS) is 12.9. The van der Waals surface area contributed by atoms with Crippen molar-refractivity contribution >= 4 is 46.7 Å². The number of ether oxygens (including phenoxy) is 2. The molecule has 25 heavy (non-hydrogen) atoms. The van der Waals surface area contributed by atoms with Gasteiger partial charge in [-0.2, -0.15) is 0 Å². The van der Waals surface area contributed by atoms with Crippen molar-refractivity contribution in [2.75, 3.05) is 0 Å². The molecule has 2 rings (SSSR count). The molecule has 0 radical (unpaired) electrons. The molecule has 0 aliphatic rings. The Hall–Kier alpha value is -2.15. The number of hydrogen-bond donors (Lipinski definition) is 2. The van der Waals surface area contributed by atoms with Crippen LogP contribution in [0.15, 0.2) is 42.5 Å². The van der Waals surface area contributed by atoms with Gasteiger partial charge in [0.15, 0.2) is 0 Å². The molecule has 0 aliphatic carbocycles. The summed E-state index contributed by atoms with van der Waals surface area (Å²) in [5.41, 5.74) is 0. The molecule has 0 fully saturated rings. The average molecular weight is 406 g/mol. The van der Waals surface area contributed by atoms with E-state index in [9.17, 15) is 19.8 Å². The molecule has 0 aliphatic heterocycles. The molecule has 6 nitrogen and oxygen atoms in total. The van der Waals surface area contributed by atoms with Crippen LogP contribution in [0.3, 0.4) is 0 Å². The Morgan fingerprint density at radius 1 is 0.800 bits per heavy atom. The molecule has 2 atom stereocenters. The molecule has 2 unspecified atom stereocenters. The second-order valence-electron chi connectivity index (χ2n) is 4.78. The van der Waals surface area contributed by atoms with Gasteiger partial charge in [0.25, 0.3) is 0 Å². The molecule has 2 aromatic carbocycles. The van der Waals surface area contributed by atoms with Crippen molar-refractivity contribution in [3.8, 4) is 11.5 Å². The first-order valence-corrected chi connectivity index (χ1v) is 7.91. The lowest BCUT2D eigenvalue weighted by molar-refractivity contribution is -0.161. The fourth-order valence-electron chi connectivity index (χ4n) is 1.85. The van der Waals surface area contributed by atoms with Gasteiger partial charge in [-0.15, -0.1) is 0 Å². The fourth-order valence-corrected chi connectivity index (χ4v) is 2.43. The summed E-state index contributed by atoms with van der Waals surface area (Å²) in [7, 11) is 0. The standard InChI is InChI=1S/C16H11Cl3O6/c17-8-1-4-10(5-2-8)24-13(15(20)21)14(16(22)23)25-12-6-3-9(18)7-11(12)19/h1-7,13-14H,(H,20,21)(H,22,23). The van der Waals surface area contributed by atoms with Crippen LogP contribution in [0.4, 0.5) is 0 Å². The molecule has 0 saturated carbocycles. The van der Waals surface area contributed by atoms with E-state index in [4.69, 9.17) is 44.3 Å². The third-order valence-corrected chi connectivity index (χ3v) is 3.77. The van der Waals surface area contributed by atoms with E-state index in [1.807, 2.05) is 0 Å². The van der Waals surface area contributed by atoms with Crippen molar-refractivity contribution < 1.29 is 29.3 Å². The zero-order chi connectivity index (χ0) is 18.6. The third-order valence-electron chi connectivity index (χ3n) is 2.99. The fraction of sp³-hybridized carbons (Fsp3) is 0.125. The molecule has 0 heterocycles. The molecule has 2 aromatic rings. The summed E-state index contributed by atoms with van der Waals surface area (Å²) in [5, 5.41) is 19.5. The number of carboxylic acids is 2. The Bertz CT molecular complexity index is 778. The number of benzene rings is 2. The second-order valence-corrected chi connectivity index (χ2v) is 6.06. The van der Waals surface area contributed by atoms with Crippen LogP contribution >= 0.6 is 34.8 Å². The van der Waals surface area contributed by atoms with Gasteiger partial charge < -0.3 is 19.7 Å². The van der Waals surface area contributed by atoms with E-state index in [0.717, 1.165) is 0 Å². The van der Waals surface area contributed by atoms with Crippen molar-refractivity contribution in [3.05, 3.63) is 57.5 Å². The minimum Gasteiger partial charge on any atom is -0.478 e. The Kier molecular flexibility index (Phi) is 6.36. The highest BCUT2D eigenvalue weighted by atomic mass is 35.5. The zero-order valence-electron chi connectivity index (χ0n) is 12.4. The summed E-state index contributed by atoms with van der Waals surface area (Å²) in [6, 6.07) is 9.87. The van der Waals surface area contributed by atoms with Gasteiger partial charge in [0.05, 0.1) is 5.02 Å². The summed E-state index contributed by atoms with van der Waals surface area (Å²) in [6.07, 6.45) is -3.68. The summed E-state index contributed by atoms with van der Waals surface area (Å²) in [5.74, 6) is -2.97. The highest BCUT2D eigenvalue weighted by Crippen LogP contribution is 2.29. The number of rotatable bonds is 7. The van der Waals surface area contributed by atoms with E-state index < -0.39 is 24.1 Å². The predicted molar refractivity (Wildman–Crippen MR) is 92.0 cm³/mol. The van der Waals surface area contributed by atoms with E-state index >= 15 is 0 Å². The van der Waals surface area contributed by atoms with Crippen molar-refractivity contribution in [2.45, 2.75) is 12.2 Å². The Labute approximate surface area is 157 Å². The number of carbonyl (C=O) groups is 2. The first kappa shape index (κ1) is 19.2. The summed E-state index contributed by atoms with van der Waals surface area (Å²) < 4.78 is 10.5. The van der Waals surface area contributed by atoms with Gasteiger partial charge in [-0.25, -0.2) is 9.59 Å². The van der Waals surface area contributed by atoms with Gasteiger partial charge >= 0.3 is 11.9 Å². The maximum atomic E-state index is 11.5. The molecule has 0 saturated heterocycles. The van der Waals surface area contributed by atoms with Crippen LogP contribution in [0.1, 0.15) is 0 Å². The molecule has 0 amide bonds. The van der Waals surface area contributed by atoms with Crippen molar-refractivity contribution in [1.82, 2.24) is 0 Å². The maximum absolute atomic E-state index is 11.5. The number of halogens is 3. The minimum absolute atomic E-state index is 0.0365. The van der Waals surface area contributed by atoms with Crippen LogP contribution < -0.4 is 9.47 Å². The molecule has 0 bridgehead atoms. The van der Waals surface area contributed by atoms with Crippen molar-refractivity contribution in [1.29, 1.82) is 0 Å². The molecular formula is C16H11Cl3O6. The van der Waals surface area contributed by atoms with Crippen molar-refractivity contribution in [3.63, 3.8) is 0 Å². The van der Waals surface area contributed by atoms with Gasteiger partial charge in [-0.3, -0.25) is 0 Å². The summed E-state index contributed by atoms with van der Waals surface area (Å²) >= 11 is 17.4. The highest BCUT2D eigenvalue weighted by Gasteiger charge is 2.38. The number of hydrogen-bond acceptors (Lipinski definition) is 4. The third kappa shape index (κ3) is 5.16. The van der Waals surface area contributed by atoms with Crippen LogP contribution in [0, 0.1) is 0 Å². The second kappa shape index (κ2) is 8.29. The molecule has 9 heteroatoms. The van der Waals surface area contributed by atoms with Gasteiger partial charge in [-0.1, -0.05) is 34.8 Å². The first-order valence-electron chi connectivity index (χ1n) is 6.77. The van der Waals surface area contributed by atoms with E-state index in [1.54, 1.807) is 0 Å². The SMILES string of the molecule is O=C(O)C(Oc1ccc(Cl)cc1)C(Oc1ccc(Cl)cc1Cl)C(=O)O. The van der Waals surface area contributed by atoms with E-state index in [1.165, 1.54) is 42.5 Å². The number of aliphatic carboxylic acids is 2. The van der Waals surface area contributed by atoms with Gasteiger partial charge in [0.2, 0.25) is 12.2 Å². The lowest BCUT2D eigenvalue weighted by Crippen LogP contribution is -2.47. The van der Waals surface area contributed by atoms with E-state index in [0.29, 0.717) is 10.0 Å². The molecule has 0 spiro atoms. The molecule has 0 aromatic heterocycles. The van der Waals surface area contributed by atoms with Gasteiger partial charge in [0.1, 0.15) is 11.5 Å². The Morgan fingerprint density at radius 3 is 1.84 bits per heavy atom. The van der Waals surface area contributed by atoms with Gasteiger partial charge in [0, 0.05) is 10.0 Å². The van der Waals surface area contributed by atoms with Gasteiger partial charge in [-0.05, 0) is 42.5 Å². The molecule has 2 N–H and O–H groups in total. The maximum Gasteiger partial charge on any atom is 0.349 e. The highest BCUT2D eigenvalue weighted by molar-refractivity contribution is 6.35. The topological polar surface area (TPSA) is 93.1 Å². The minimum atomic E-state index is -1.85. The van der Waals surface area contributed by atoms with Crippen molar-refractivity contribution in [2.24, 2.45) is 0 Å². The molecular weight excluding hydrogens is 395 g/mol. The smallest absolute Gasteiger partial charge is 0.349 e. The van der Waals surface area contributed by atoms with E-state index in [2.05, 4.69) is 0 Å². The Morgan fingerprint density at radius 2 is 1.32 bits per heavy atom. The summed E-state index contributed by atoms with van der Waals surface area (Å²) in [6.45, 7) is 0. The Balaban J connectivity index is 2.28. The van der Waals surface area contributed by atoms with Crippen LogP contribution in [-0.4, -0.2) is 34.4 Å². The monoisotopic (exact) mass is 404 g/mol. The van der Waals surface area contributed by atoms with Crippen LogP contribution in [0.5, 0.6) is 11.5 Å². The predicted octanol–water partition coefficient (Wildman–Crippen LogP) is 4.01.